The van der Waals surface area contributed by atoms with Crippen molar-refractivity contribution in [2.75, 3.05) is 37.7 Å². The van der Waals surface area contributed by atoms with Crippen molar-refractivity contribution in [3.05, 3.63) is 29.8 Å². The number of nitrogens with one attached hydrogen (secondary N) is 1. The standard InChI is InChI=1S/C21H29N3O4/c1-15(2)14-18(21(27)23-10-12-28-13-11-23)22-20(26)16-5-7-17(8-6-16)24-9-3-4-19(24)25/h5-8,15,18H,3-4,9-14H2,1-2H3,(H,22,26)/t18-/m1/s1. The van der Waals surface area contributed by atoms with Crippen LogP contribution in [0.15, 0.2) is 24.3 Å². The number of anilines is 1. The summed E-state index contributed by atoms with van der Waals surface area (Å²) in [5.74, 6) is 0.0698. The summed E-state index contributed by atoms with van der Waals surface area (Å²) in [6.07, 6.45) is 2.02. The van der Waals surface area contributed by atoms with Crippen molar-refractivity contribution in [3.63, 3.8) is 0 Å². The summed E-state index contributed by atoms with van der Waals surface area (Å²) in [6, 6.07) is 6.45. The Balaban J connectivity index is 1.67. The molecule has 0 bridgehead atoms. The molecule has 3 amide bonds. The molecule has 7 nitrogen and oxygen atoms in total. The van der Waals surface area contributed by atoms with E-state index >= 15 is 0 Å². The highest BCUT2D eigenvalue weighted by Gasteiger charge is 2.28. The van der Waals surface area contributed by atoms with Gasteiger partial charge in [-0.15, -0.1) is 0 Å². The molecule has 2 aliphatic heterocycles. The van der Waals surface area contributed by atoms with Crippen LogP contribution < -0.4 is 10.2 Å². The third-order valence-corrected chi connectivity index (χ3v) is 5.15. The van der Waals surface area contributed by atoms with Crippen LogP contribution in [0.2, 0.25) is 0 Å². The van der Waals surface area contributed by atoms with Gasteiger partial charge in [0.05, 0.1) is 13.2 Å². The van der Waals surface area contributed by atoms with Gasteiger partial charge in [0.15, 0.2) is 0 Å². The monoisotopic (exact) mass is 387 g/mol. The van der Waals surface area contributed by atoms with Crippen molar-refractivity contribution >= 4 is 23.4 Å². The number of morpholine rings is 1. The molecule has 0 aliphatic carbocycles. The topological polar surface area (TPSA) is 79.0 Å². The van der Waals surface area contributed by atoms with Gasteiger partial charge in [0.2, 0.25) is 11.8 Å². The average molecular weight is 387 g/mol. The first-order valence-corrected chi connectivity index (χ1v) is 10.0. The zero-order valence-corrected chi connectivity index (χ0v) is 16.6. The van der Waals surface area contributed by atoms with Gasteiger partial charge in [-0.3, -0.25) is 14.4 Å². The Bertz CT molecular complexity index is 711. The Kier molecular flexibility index (Phi) is 6.67. The third kappa shape index (κ3) is 4.90. The molecule has 1 N–H and O–H groups in total. The fraction of sp³-hybridized carbons (Fsp3) is 0.571. The molecule has 1 atom stereocenters. The van der Waals surface area contributed by atoms with E-state index in [0.717, 1.165) is 18.7 Å². The largest absolute Gasteiger partial charge is 0.378 e. The maximum absolute atomic E-state index is 12.9. The first kappa shape index (κ1) is 20.3. The van der Waals surface area contributed by atoms with Crippen molar-refractivity contribution in [2.45, 2.75) is 39.2 Å². The smallest absolute Gasteiger partial charge is 0.251 e. The molecule has 7 heteroatoms. The summed E-state index contributed by atoms with van der Waals surface area (Å²) in [5.41, 5.74) is 1.29. The number of ether oxygens (including phenoxy) is 1. The number of hydrogen-bond acceptors (Lipinski definition) is 4. The summed E-state index contributed by atoms with van der Waals surface area (Å²) >= 11 is 0. The molecule has 0 spiro atoms. The lowest BCUT2D eigenvalue weighted by molar-refractivity contribution is -0.137. The molecule has 28 heavy (non-hydrogen) atoms. The minimum atomic E-state index is -0.551. The van der Waals surface area contributed by atoms with Crippen molar-refractivity contribution in [1.82, 2.24) is 10.2 Å². The molecule has 1 aromatic rings. The van der Waals surface area contributed by atoms with Crippen molar-refractivity contribution < 1.29 is 19.1 Å². The van der Waals surface area contributed by atoms with Crippen LogP contribution in [0.3, 0.4) is 0 Å². The maximum Gasteiger partial charge on any atom is 0.251 e. The molecule has 0 unspecified atom stereocenters. The van der Waals surface area contributed by atoms with E-state index in [9.17, 15) is 14.4 Å². The molecule has 0 radical (unpaired) electrons. The molecule has 2 heterocycles. The summed E-state index contributed by atoms with van der Waals surface area (Å²) < 4.78 is 5.31. The lowest BCUT2D eigenvalue weighted by atomic mass is 10.0. The molecule has 0 saturated carbocycles. The van der Waals surface area contributed by atoms with Crippen LogP contribution in [0.5, 0.6) is 0 Å². The first-order valence-electron chi connectivity index (χ1n) is 10.0. The van der Waals surface area contributed by atoms with Crippen LogP contribution in [-0.4, -0.2) is 61.5 Å². The fourth-order valence-electron chi connectivity index (χ4n) is 3.65. The number of hydrogen-bond donors (Lipinski definition) is 1. The Morgan fingerprint density at radius 1 is 1.11 bits per heavy atom. The van der Waals surface area contributed by atoms with E-state index in [4.69, 9.17) is 4.74 Å². The van der Waals surface area contributed by atoms with Crippen molar-refractivity contribution in [1.29, 1.82) is 0 Å². The molecule has 0 aromatic heterocycles. The number of carbonyl (C=O) groups is 3. The van der Waals surface area contributed by atoms with Crippen LogP contribution in [0.4, 0.5) is 5.69 Å². The Hall–Kier alpha value is -2.41. The predicted octanol–water partition coefficient (Wildman–Crippen LogP) is 1.82. The zero-order valence-electron chi connectivity index (χ0n) is 16.6. The van der Waals surface area contributed by atoms with E-state index in [0.29, 0.717) is 44.7 Å². The number of nitrogens with zero attached hydrogens (tertiary/aromatic N) is 2. The van der Waals surface area contributed by atoms with Gasteiger partial charge in [0.25, 0.3) is 5.91 Å². The molecular weight excluding hydrogens is 358 g/mol. The summed E-state index contributed by atoms with van der Waals surface area (Å²) in [6.45, 7) is 6.97. The lowest BCUT2D eigenvalue weighted by Crippen LogP contribution is -2.52. The van der Waals surface area contributed by atoms with Crippen molar-refractivity contribution in [2.24, 2.45) is 5.92 Å². The highest BCUT2D eigenvalue weighted by Crippen LogP contribution is 2.21. The summed E-state index contributed by atoms with van der Waals surface area (Å²) in [4.78, 5) is 41.0. The summed E-state index contributed by atoms with van der Waals surface area (Å²) in [5, 5.41) is 2.91. The van der Waals surface area contributed by atoms with Gasteiger partial charge in [-0.05, 0) is 43.0 Å². The highest BCUT2D eigenvalue weighted by atomic mass is 16.5. The molecular formula is C21H29N3O4. The molecule has 2 aliphatic rings. The normalized spacial score (nSPS) is 18.5. The predicted molar refractivity (Wildman–Crippen MR) is 106 cm³/mol. The molecule has 2 fully saturated rings. The average Bonchev–Trinajstić information content (AvgIpc) is 3.13. The second-order valence-electron chi connectivity index (χ2n) is 7.79. The molecule has 3 rings (SSSR count). The number of carbonyl (C=O) groups excluding carboxylic acids is 3. The second-order valence-corrected chi connectivity index (χ2v) is 7.79. The van der Waals surface area contributed by atoms with E-state index in [1.165, 1.54) is 0 Å². The number of benzene rings is 1. The number of amides is 3. The molecule has 2 saturated heterocycles. The third-order valence-electron chi connectivity index (χ3n) is 5.15. The SMILES string of the molecule is CC(C)C[C@@H](NC(=O)c1ccc(N2CCCC2=O)cc1)C(=O)N1CCOCC1. The zero-order chi connectivity index (χ0) is 20.1. The van der Waals surface area contributed by atoms with E-state index in [1.807, 2.05) is 13.8 Å². The Labute approximate surface area is 166 Å². The molecule has 152 valence electrons. The van der Waals surface area contributed by atoms with E-state index in [1.54, 1.807) is 34.1 Å². The van der Waals surface area contributed by atoms with Gasteiger partial charge in [0.1, 0.15) is 6.04 Å². The van der Waals surface area contributed by atoms with Crippen molar-refractivity contribution in [3.8, 4) is 0 Å². The summed E-state index contributed by atoms with van der Waals surface area (Å²) in [7, 11) is 0. The van der Waals surface area contributed by atoms with Crippen LogP contribution in [-0.2, 0) is 14.3 Å². The van der Waals surface area contributed by atoms with Gasteiger partial charge >= 0.3 is 0 Å². The van der Waals surface area contributed by atoms with E-state index < -0.39 is 6.04 Å². The van der Waals surface area contributed by atoms with Crippen LogP contribution in [0, 0.1) is 5.92 Å². The van der Waals surface area contributed by atoms with E-state index in [-0.39, 0.29) is 23.6 Å². The van der Waals surface area contributed by atoms with Crippen LogP contribution in [0.1, 0.15) is 43.5 Å². The second kappa shape index (κ2) is 9.19. The van der Waals surface area contributed by atoms with Gasteiger partial charge in [-0.2, -0.15) is 0 Å². The minimum Gasteiger partial charge on any atom is -0.378 e. The van der Waals surface area contributed by atoms with Gasteiger partial charge < -0.3 is 19.9 Å². The minimum absolute atomic E-state index is 0.0513. The first-order chi connectivity index (χ1) is 13.5. The molecule has 1 aromatic carbocycles. The quantitative estimate of drug-likeness (QED) is 0.808. The van der Waals surface area contributed by atoms with Crippen LogP contribution >= 0.6 is 0 Å². The lowest BCUT2D eigenvalue weighted by Gasteiger charge is -2.31. The highest BCUT2D eigenvalue weighted by molar-refractivity contribution is 5.99. The van der Waals surface area contributed by atoms with Gasteiger partial charge in [0, 0.05) is 37.3 Å². The van der Waals surface area contributed by atoms with Gasteiger partial charge in [-0.1, -0.05) is 13.8 Å². The van der Waals surface area contributed by atoms with E-state index in [2.05, 4.69) is 5.32 Å². The number of rotatable bonds is 6. The Morgan fingerprint density at radius 2 is 1.79 bits per heavy atom. The fourth-order valence-corrected chi connectivity index (χ4v) is 3.65. The van der Waals surface area contributed by atoms with Crippen LogP contribution in [0.25, 0.3) is 0 Å². The van der Waals surface area contributed by atoms with Gasteiger partial charge in [-0.25, -0.2) is 0 Å². The Morgan fingerprint density at radius 3 is 2.36 bits per heavy atom. The maximum atomic E-state index is 12.9.